The van der Waals surface area contributed by atoms with Crippen molar-refractivity contribution in [2.75, 3.05) is 0 Å². The molecule has 2 rings (SSSR count). The first kappa shape index (κ1) is 8.69. The number of hydrogen-bond donors (Lipinski definition) is 0. The van der Waals surface area contributed by atoms with E-state index in [-0.39, 0.29) is 0 Å². The third-order valence-corrected chi connectivity index (χ3v) is 1.74. The second-order valence-corrected chi connectivity index (χ2v) is 2.94. The molecular formula is C11H10N2O. The topological polar surface area (TPSA) is 35.0 Å². The first-order chi connectivity index (χ1) is 6.84. The van der Waals surface area contributed by atoms with Gasteiger partial charge in [0.05, 0.1) is 0 Å². The van der Waals surface area contributed by atoms with Crippen LogP contribution in [0.25, 0.3) is 0 Å². The van der Waals surface area contributed by atoms with E-state index in [9.17, 15) is 0 Å². The van der Waals surface area contributed by atoms with E-state index in [1.165, 1.54) is 0 Å². The van der Waals surface area contributed by atoms with Crippen molar-refractivity contribution in [3.63, 3.8) is 0 Å². The van der Waals surface area contributed by atoms with Gasteiger partial charge in [0.25, 0.3) is 0 Å². The minimum absolute atomic E-state index is 0.561. The van der Waals surface area contributed by atoms with Crippen LogP contribution >= 0.6 is 0 Å². The SMILES string of the molecule is Cc1ccnc(Oc2ccccn2)c1. The van der Waals surface area contributed by atoms with Gasteiger partial charge >= 0.3 is 0 Å². The number of pyridine rings is 2. The molecule has 0 saturated heterocycles. The Hall–Kier alpha value is -1.90. The second kappa shape index (κ2) is 3.87. The molecule has 2 aromatic heterocycles. The molecule has 0 atom stereocenters. The molecule has 0 aliphatic carbocycles. The van der Waals surface area contributed by atoms with Gasteiger partial charge in [-0.05, 0) is 24.6 Å². The molecule has 0 spiro atoms. The lowest BCUT2D eigenvalue weighted by Gasteiger charge is -2.02. The van der Waals surface area contributed by atoms with Gasteiger partial charge in [-0.3, -0.25) is 0 Å². The molecule has 70 valence electrons. The summed E-state index contributed by atoms with van der Waals surface area (Å²) in [5.41, 5.74) is 1.12. The fourth-order valence-corrected chi connectivity index (χ4v) is 1.08. The maximum absolute atomic E-state index is 5.44. The van der Waals surface area contributed by atoms with Gasteiger partial charge in [0.1, 0.15) is 0 Å². The van der Waals surface area contributed by atoms with E-state index in [0.29, 0.717) is 11.8 Å². The van der Waals surface area contributed by atoms with Crippen molar-refractivity contribution in [1.29, 1.82) is 0 Å². The Bertz CT molecular complexity index is 415. The summed E-state index contributed by atoms with van der Waals surface area (Å²) in [5, 5.41) is 0. The molecule has 0 radical (unpaired) electrons. The van der Waals surface area contributed by atoms with Crippen LogP contribution in [-0.2, 0) is 0 Å². The average molecular weight is 186 g/mol. The first-order valence-electron chi connectivity index (χ1n) is 4.36. The molecule has 0 saturated carbocycles. The molecule has 0 unspecified atom stereocenters. The molecule has 0 fully saturated rings. The van der Waals surface area contributed by atoms with Crippen LogP contribution in [0, 0.1) is 6.92 Å². The molecule has 14 heavy (non-hydrogen) atoms. The zero-order chi connectivity index (χ0) is 9.80. The van der Waals surface area contributed by atoms with Crippen molar-refractivity contribution >= 4 is 0 Å². The lowest BCUT2D eigenvalue weighted by Crippen LogP contribution is -1.89. The third-order valence-electron chi connectivity index (χ3n) is 1.74. The summed E-state index contributed by atoms with van der Waals surface area (Å²) in [5.74, 6) is 1.13. The van der Waals surface area contributed by atoms with Crippen molar-refractivity contribution < 1.29 is 4.74 Å². The Morgan fingerprint density at radius 3 is 2.57 bits per heavy atom. The summed E-state index contributed by atoms with van der Waals surface area (Å²) in [6.45, 7) is 1.99. The highest BCUT2D eigenvalue weighted by Gasteiger charge is 1.97. The van der Waals surface area contributed by atoms with Crippen LogP contribution in [0.15, 0.2) is 42.7 Å². The molecule has 3 nitrogen and oxygen atoms in total. The van der Waals surface area contributed by atoms with E-state index in [2.05, 4.69) is 9.97 Å². The van der Waals surface area contributed by atoms with Crippen LogP contribution in [0.3, 0.4) is 0 Å². The quantitative estimate of drug-likeness (QED) is 0.723. The Balaban J connectivity index is 2.19. The van der Waals surface area contributed by atoms with Gasteiger partial charge in [0.2, 0.25) is 11.8 Å². The van der Waals surface area contributed by atoms with Crippen molar-refractivity contribution in [2.24, 2.45) is 0 Å². The van der Waals surface area contributed by atoms with Crippen molar-refractivity contribution in [3.8, 4) is 11.8 Å². The molecule has 2 heterocycles. The largest absolute Gasteiger partial charge is 0.421 e. The molecule has 0 amide bonds. The van der Waals surface area contributed by atoms with E-state index in [4.69, 9.17) is 4.74 Å². The van der Waals surface area contributed by atoms with Crippen molar-refractivity contribution in [2.45, 2.75) is 6.92 Å². The number of ether oxygens (including phenoxy) is 1. The highest BCUT2D eigenvalue weighted by atomic mass is 16.5. The number of aromatic nitrogens is 2. The predicted octanol–water partition coefficient (Wildman–Crippen LogP) is 2.58. The fourth-order valence-electron chi connectivity index (χ4n) is 1.08. The number of hydrogen-bond acceptors (Lipinski definition) is 3. The Morgan fingerprint density at radius 1 is 1.00 bits per heavy atom. The molecule has 0 aromatic carbocycles. The van der Waals surface area contributed by atoms with Gasteiger partial charge in [0, 0.05) is 24.5 Å². The molecule has 0 aliphatic heterocycles. The maximum atomic E-state index is 5.44. The molecular weight excluding hydrogens is 176 g/mol. The van der Waals surface area contributed by atoms with E-state index in [0.717, 1.165) is 5.56 Å². The maximum Gasteiger partial charge on any atom is 0.221 e. The van der Waals surface area contributed by atoms with Gasteiger partial charge in [0.15, 0.2) is 0 Å². The zero-order valence-corrected chi connectivity index (χ0v) is 7.84. The highest BCUT2D eigenvalue weighted by Crippen LogP contribution is 2.16. The van der Waals surface area contributed by atoms with Crippen LogP contribution in [0.1, 0.15) is 5.56 Å². The standard InChI is InChI=1S/C11H10N2O/c1-9-5-7-13-11(8-9)14-10-4-2-3-6-12-10/h2-8H,1H3. The first-order valence-corrected chi connectivity index (χ1v) is 4.36. The third kappa shape index (κ3) is 2.07. The Kier molecular flexibility index (Phi) is 2.40. The van der Waals surface area contributed by atoms with Gasteiger partial charge in [-0.25, -0.2) is 9.97 Å². The zero-order valence-electron chi connectivity index (χ0n) is 7.84. The van der Waals surface area contributed by atoms with Crippen LogP contribution < -0.4 is 4.74 Å². The summed E-state index contributed by atoms with van der Waals surface area (Å²) in [4.78, 5) is 8.11. The number of rotatable bonds is 2. The van der Waals surface area contributed by atoms with Crippen molar-refractivity contribution in [1.82, 2.24) is 9.97 Å². The Labute approximate surface area is 82.4 Å². The van der Waals surface area contributed by atoms with Crippen LogP contribution in [0.5, 0.6) is 11.8 Å². The number of nitrogens with zero attached hydrogens (tertiary/aromatic N) is 2. The summed E-state index contributed by atoms with van der Waals surface area (Å²) >= 11 is 0. The van der Waals surface area contributed by atoms with Crippen LogP contribution in [0.4, 0.5) is 0 Å². The summed E-state index contributed by atoms with van der Waals surface area (Å²) in [7, 11) is 0. The molecule has 0 N–H and O–H groups in total. The van der Waals surface area contributed by atoms with E-state index in [1.807, 2.05) is 31.2 Å². The summed E-state index contributed by atoms with van der Waals surface area (Å²) in [6.07, 6.45) is 3.40. The lowest BCUT2D eigenvalue weighted by atomic mass is 10.3. The van der Waals surface area contributed by atoms with Crippen molar-refractivity contribution in [3.05, 3.63) is 48.3 Å². The minimum Gasteiger partial charge on any atom is -0.421 e. The van der Waals surface area contributed by atoms with Gasteiger partial charge < -0.3 is 4.74 Å². The monoisotopic (exact) mass is 186 g/mol. The summed E-state index contributed by atoms with van der Waals surface area (Å²) in [6, 6.07) is 9.30. The van der Waals surface area contributed by atoms with Gasteiger partial charge in [-0.1, -0.05) is 6.07 Å². The van der Waals surface area contributed by atoms with Crippen LogP contribution in [0.2, 0.25) is 0 Å². The van der Waals surface area contributed by atoms with Crippen LogP contribution in [-0.4, -0.2) is 9.97 Å². The molecule has 0 aliphatic rings. The van der Waals surface area contributed by atoms with Gasteiger partial charge in [-0.2, -0.15) is 0 Å². The predicted molar refractivity (Wildman–Crippen MR) is 53.3 cm³/mol. The molecule has 0 bridgehead atoms. The van der Waals surface area contributed by atoms with Gasteiger partial charge in [-0.15, -0.1) is 0 Å². The fraction of sp³-hybridized carbons (Fsp3) is 0.0909. The highest BCUT2D eigenvalue weighted by molar-refractivity contribution is 5.23. The normalized spacial score (nSPS) is 9.79. The number of aryl methyl sites for hydroxylation is 1. The Morgan fingerprint density at radius 2 is 1.86 bits per heavy atom. The molecule has 3 heteroatoms. The lowest BCUT2D eigenvalue weighted by molar-refractivity contribution is 0.444. The minimum atomic E-state index is 0.561. The smallest absolute Gasteiger partial charge is 0.221 e. The second-order valence-electron chi connectivity index (χ2n) is 2.94. The molecule has 2 aromatic rings. The van der Waals surface area contributed by atoms with E-state index in [1.54, 1.807) is 18.5 Å². The van der Waals surface area contributed by atoms with E-state index < -0.39 is 0 Å². The average Bonchev–Trinajstić information content (AvgIpc) is 2.19. The summed E-state index contributed by atoms with van der Waals surface area (Å²) < 4.78 is 5.44. The van der Waals surface area contributed by atoms with E-state index >= 15 is 0 Å².